The van der Waals surface area contributed by atoms with Crippen LogP contribution in [0.2, 0.25) is 0 Å². The Morgan fingerprint density at radius 3 is 2.55 bits per heavy atom. The second kappa shape index (κ2) is 6.59. The standard InChI is InChI=1S/C19H19NO2/c21-15-20-19(11-4-5-12-19)17-9-6-10-18(13-17)22-14-16-7-2-1-3-8-16/h1-3,6-10,13H,4-5,11-12,14H2. The highest BCUT2D eigenvalue weighted by Crippen LogP contribution is 2.42. The number of ether oxygens (including phenoxy) is 1. The molecule has 1 aliphatic carbocycles. The molecular formula is C19H19NO2. The highest BCUT2D eigenvalue weighted by atomic mass is 16.5. The minimum absolute atomic E-state index is 0.395. The lowest BCUT2D eigenvalue weighted by Gasteiger charge is -2.23. The number of nitrogens with zero attached hydrogens (tertiary/aromatic N) is 1. The smallest absolute Gasteiger partial charge is 0.235 e. The summed E-state index contributed by atoms with van der Waals surface area (Å²) >= 11 is 0. The number of hydrogen-bond acceptors (Lipinski definition) is 3. The van der Waals surface area contributed by atoms with Crippen LogP contribution in [0, 0.1) is 0 Å². The first-order chi connectivity index (χ1) is 10.8. The number of hydrogen-bond donors (Lipinski definition) is 0. The molecule has 0 aromatic heterocycles. The van der Waals surface area contributed by atoms with E-state index in [-0.39, 0.29) is 0 Å². The van der Waals surface area contributed by atoms with Crippen molar-refractivity contribution in [3.05, 3.63) is 65.7 Å². The lowest BCUT2D eigenvalue weighted by atomic mass is 9.89. The summed E-state index contributed by atoms with van der Waals surface area (Å²) in [4.78, 5) is 14.9. The Labute approximate surface area is 130 Å². The van der Waals surface area contributed by atoms with Crippen LogP contribution in [0.15, 0.2) is 59.6 Å². The molecule has 3 rings (SSSR count). The maximum absolute atomic E-state index is 10.8. The van der Waals surface area contributed by atoms with E-state index in [0.29, 0.717) is 6.61 Å². The fourth-order valence-corrected chi connectivity index (χ4v) is 3.13. The topological polar surface area (TPSA) is 38.7 Å². The number of aliphatic imine (C=N–C) groups is 1. The van der Waals surface area contributed by atoms with E-state index in [9.17, 15) is 4.79 Å². The molecule has 0 saturated heterocycles. The van der Waals surface area contributed by atoms with Crippen molar-refractivity contribution in [1.82, 2.24) is 0 Å². The van der Waals surface area contributed by atoms with Gasteiger partial charge in [0.1, 0.15) is 12.4 Å². The van der Waals surface area contributed by atoms with E-state index in [4.69, 9.17) is 4.74 Å². The van der Waals surface area contributed by atoms with E-state index in [2.05, 4.69) is 4.99 Å². The van der Waals surface area contributed by atoms with Crippen molar-refractivity contribution >= 4 is 6.08 Å². The van der Waals surface area contributed by atoms with Gasteiger partial charge in [-0.1, -0.05) is 55.3 Å². The van der Waals surface area contributed by atoms with Gasteiger partial charge in [0.25, 0.3) is 0 Å². The summed E-state index contributed by atoms with van der Waals surface area (Å²) in [5, 5.41) is 0. The maximum atomic E-state index is 10.8. The van der Waals surface area contributed by atoms with E-state index in [1.165, 1.54) is 0 Å². The normalized spacial score (nSPS) is 16.0. The van der Waals surface area contributed by atoms with E-state index in [1.807, 2.05) is 54.6 Å². The highest BCUT2D eigenvalue weighted by Gasteiger charge is 2.35. The summed E-state index contributed by atoms with van der Waals surface area (Å²) in [6.45, 7) is 0.536. The van der Waals surface area contributed by atoms with Crippen molar-refractivity contribution < 1.29 is 9.53 Å². The van der Waals surface area contributed by atoms with Gasteiger partial charge in [0, 0.05) is 0 Å². The monoisotopic (exact) mass is 293 g/mol. The molecule has 3 heteroatoms. The molecule has 22 heavy (non-hydrogen) atoms. The summed E-state index contributed by atoms with van der Waals surface area (Å²) in [6.07, 6.45) is 5.77. The zero-order valence-electron chi connectivity index (χ0n) is 12.5. The summed E-state index contributed by atoms with van der Waals surface area (Å²) in [5.74, 6) is 0.814. The Balaban J connectivity index is 1.79. The third kappa shape index (κ3) is 3.10. The Morgan fingerprint density at radius 2 is 1.82 bits per heavy atom. The molecular weight excluding hydrogens is 274 g/mol. The van der Waals surface area contributed by atoms with Crippen LogP contribution in [0.1, 0.15) is 36.8 Å². The van der Waals surface area contributed by atoms with Gasteiger partial charge in [0.15, 0.2) is 0 Å². The molecule has 0 amide bonds. The number of benzene rings is 2. The molecule has 0 radical (unpaired) electrons. The van der Waals surface area contributed by atoms with Crippen LogP contribution in [-0.4, -0.2) is 6.08 Å². The molecule has 0 N–H and O–H groups in total. The van der Waals surface area contributed by atoms with Crippen molar-refractivity contribution in [1.29, 1.82) is 0 Å². The average Bonchev–Trinajstić information content (AvgIpc) is 3.04. The molecule has 1 saturated carbocycles. The van der Waals surface area contributed by atoms with E-state index in [1.54, 1.807) is 6.08 Å². The summed E-state index contributed by atoms with van der Waals surface area (Å²) in [6, 6.07) is 18.0. The van der Waals surface area contributed by atoms with Gasteiger partial charge in [-0.25, -0.2) is 4.79 Å². The van der Waals surface area contributed by atoms with Gasteiger partial charge in [-0.3, -0.25) is 0 Å². The Hall–Kier alpha value is -2.38. The quantitative estimate of drug-likeness (QED) is 0.606. The van der Waals surface area contributed by atoms with Gasteiger partial charge in [-0.2, -0.15) is 4.99 Å². The minimum Gasteiger partial charge on any atom is -0.489 e. The summed E-state index contributed by atoms with van der Waals surface area (Å²) < 4.78 is 5.88. The zero-order chi connectivity index (χ0) is 15.3. The van der Waals surface area contributed by atoms with E-state index < -0.39 is 5.54 Å². The van der Waals surface area contributed by atoms with E-state index >= 15 is 0 Å². The van der Waals surface area contributed by atoms with Crippen LogP contribution in [0.4, 0.5) is 0 Å². The largest absolute Gasteiger partial charge is 0.489 e. The van der Waals surface area contributed by atoms with Gasteiger partial charge in [-0.05, 0) is 36.1 Å². The first kappa shape index (κ1) is 14.6. The lowest BCUT2D eigenvalue weighted by Crippen LogP contribution is -2.18. The Kier molecular flexibility index (Phi) is 4.36. The molecule has 2 aromatic carbocycles. The number of carbonyl (C=O) groups excluding carboxylic acids is 1. The van der Waals surface area contributed by atoms with Crippen LogP contribution in [0.3, 0.4) is 0 Å². The predicted molar refractivity (Wildman–Crippen MR) is 85.5 cm³/mol. The molecule has 0 heterocycles. The molecule has 0 unspecified atom stereocenters. The predicted octanol–water partition coefficient (Wildman–Crippen LogP) is 4.37. The Morgan fingerprint density at radius 1 is 1.05 bits per heavy atom. The van der Waals surface area contributed by atoms with Crippen molar-refractivity contribution in [3.8, 4) is 5.75 Å². The van der Waals surface area contributed by atoms with Crippen molar-refractivity contribution in [3.63, 3.8) is 0 Å². The maximum Gasteiger partial charge on any atom is 0.235 e. The molecule has 0 atom stereocenters. The van der Waals surface area contributed by atoms with Crippen molar-refractivity contribution in [2.45, 2.75) is 37.8 Å². The van der Waals surface area contributed by atoms with Crippen molar-refractivity contribution in [2.24, 2.45) is 4.99 Å². The van der Waals surface area contributed by atoms with Gasteiger partial charge >= 0.3 is 0 Å². The number of isocyanates is 1. The fraction of sp³-hybridized carbons (Fsp3) is 0.316. The molecule has 2 aromatic rings. The van der Waals surface area contributed by atoms with Crippen LogP contribution < -0.4 is 4.74 Å². The SMILES string of the molecule is O=C=NC1(c2cccc(OCc3ccccc3)c2)CCCC1. The molecule has 0 aliphatic heterocycles. The van der Waals surface area contributed by atoms with Crippen LogP contribution >= 0.6 is 0 Å². The first-order valence-corrected chi connectivity index (χ1v) is 7.69. The van der Waals surface area contributed by atoms with Gasteiger partial charge in [0.05, 0.1) is 5.54 Å². The highest BCUT2D eigenvalue weighted by molar-refractivity contribution is 5.41. The molecule has 1 fully saturated rings. The molecule has 112 valence electrons. The van der Waals surface area contributed by atoms with Gasteiger partial charge in [-0.15, -0.1) is 0 Å². The zero-order valence-corrected chi connectivity index (χ0v) is 12.5. The molecule has 1 aliphatic rings. The van der Waals surface area contributed by atoms with Crippen LogP contribution in [-0.2, 0) is 16.9 Å². The number of rotatable bonds is 5. The van der Waals surface area contributed by atoms with Gasteiger partial charge in [0.2, 0.25) is 6.08 Å². The van der Waals surface area contributed by atoms with E-state index in [0.717, 1.165) is 42.6 Å². The van der Waals surface area contributed by atoms with Gasteiger partial charge < -0.3 is 4.74 Å². The molecule has 3 nitrogen and oxygen atoms in total. The molecule has 0 bridgehead atoms. The van der Waals surface area contributed by atoms with Crippen LogP contribution in [0.5, 0.6) is 5.75 Å². The molecule has 0 spiro atoms. The first-order valence-electron chi connectivity index (χ1n) is 7.69. The lowest BCUT2D eigenvalue weighted by molar-refractivity contribution is 0.305. The second-order valence-electron chi connectivity index (χ2n) is 5.74. The third-order valence-corrected chi connectivity index (χ3v) is 4.31. The van der Waals surface area contributed by atoms with Crippen LogP contribution in [0.25, 0.3) is 0 Å². The fourth-order valence-electron chi connectivity index (χ4n) is 3.13. The average molecular weight is 293 g/mol. The van der Waals surface area contributed by atoms with Crippen molar-refractivity contribution in [2.75, 3.05) is 0 Å². The summed E-state index contributed by atoms with van der Waals surface area (Å²) in [7, 11) is 0. The second-order valence-corrected chi connectivity index (χ2v) is 5.74. The third-order valence-electron chi connectivity index (χ3n) is 4.31. The summed E-state index contributed by atoms with van der Waals surface area (Å²) in [5.41, 5.74) is 1.79. The minimum atomic E-state index is -0.395. The Bertz CT molecular complexity index is 669.